The molecule has 38 nitrogen and oxygen atoms in total. The Morgan fingerprint density at radius 3 is 1.41 bits per heavy atom. The van der Waals surface area contributed by atoms with Gasteiger partial charge >= 0.3 is 5.97 Å². The van der Waals surface area contributed by atoms with Gasteiger partial charge in [-0.3, -0.25) is 52.7 Å². The third-order valence-electron chi connectivity index (χ3n) is 16.1. The van der Waals surface area contributed by atoms with Crippen LogP contribution in [0.2, 0.25) is 0 Å². The summed E-state index contributed by atoms with van der Waals surface area (Å²) in [5.41, 5.74) is 5.78. The van der Waals surface area contributed by atoms with Crippen molar-refractivity contribution in [1.29, 1.82) is 0 Å². The second-order valence-electron chi connectivity index (χ2n) is 24.0. The Bertz CT molecular complexity index is 2600. The molecule has 0 spiro atoms. The maximum absolute atomic E-state index is 14.8. The number of nitrogens with one attached hydrogen (secondary N) is 8. The molecule has 0 saturated carbocycles. The Kier molecular flexibility index (Phi) is 30.0. The molecule has 38 heteroatoms. The van der Waals surface area contributed by atoms with E-state index in [0.717, 1.165) is 58.3 Å². The van der Waals surface area contributed by atoms with Crippen LogP contribution in [0.4, 0.5) is 0 Å². The van der Waals surface area contributed by atoms with Crippen LogP contribution in [0, 0.1) is 5.92 Å². The highest BCUT2D eigenvalue weighted by Gasteiger charge is 2.53. The molecule has 530 valence electrons. The van der Waals surface area contributed by atoms with Crippen LogP contribution in [-0.4, -0.2) is 321 Å². The topological polar surface area (TPSA) is 596 Å². The Morgan fingerprint density at radius 2 is 0.946 bits per heavy atom. The van der Waals surface area contributed by atoms with E-state index in [4.69, 9.17) is 29.8 Å². The highest BCUT2D eigenvalue weighted by Crippen LogP contribution is 2.31. The van der Waals surface area contributed by atoms with Crippen LogP contribution < -0.4 is 48.3 Å². The summed E-state index contributed by atoms with van der Waals surface area (Å²) in [4.78, 5) is 151. The first-order valence-electron chi connectivity index (χ1n) is 30.3. The van der Waals surface area contributed by atoms with Crippen LogP contribution in [0.1, 0.15) is 88.0 Å². The number of nitrogens with two attached hydrogens (primary N) is 1. The zero-order chi connectivity index (χ0) is 70.4. The molecule has 0 aromatic rings. The first-order valence-corrected chi connectivity index (χ1v) is 30.3. The number of rotatable bonds is 31. The van der Waals surface area contributed by atoms with E-state index in [-0.39, 0.29) is 38.8 Å². The first kappa shape index (κ1) is 79.0. The zero-order valence-electron chi connectivity index (χ0n) is 52.8. The minimum atomic E-state index is -2.10. The number of ether oxygens (including phenoxy) is 4. The van der Waals surface area contributed by atoms with Gasteiger partial charge in [0.25, 0.3) is 0 Å². The molecule has 0 bridgehead atoms. The van der Waals surface area contributed by atoms with Crippen LogP contribution in [0.15, 0.2) is 0 Å². The predicted molar refractivity (Wildman–Crippen MR) is 311 cm³/mol. The van der Waals surface area contributed by atoms with E-state index in [9.17, 15) is 109 Å². The van der Waals surface area contributed by atoms with Crippen molar-refractivity contribution in [1.82, 2.24) is 52.3 Å². The van der Waals surface area contributed by atoms with E-state index in [2.05, 4.69) is 37.2 Å². The lowest BCUT2D eigenvalue weighted by atomic mass is 9.95. The summed E-state index contributed by atoms with van der Waals surface area (Å²) in [6.45, 7) is 7.67. The molecule has 0 radical (unpaired) electrons. The quantitative estimate of drug-likeness (QED) is 0.0306. The second-order valence-corrected chi connectivity index (χ2v) is 24.0. The lowest BCUT2D eigenvalue weighted by Gasteiger charge is -2.48. The van der Waals surface area contributed by atoms with Crippen LogP contribution in [0.25, 0.3) is 0 Å². The normalized spacial score (nSPS) is 29.0. The van der Waals surface area contributed by atoms with Gasteiger partial charge < -0.3 is 138 Å². The van der Waals surface area contributed by atoms with Crippen molar-refractivity contribution in [3.8, 4) is 0 Å². The summed E-state index contributed by atoms with van der Waals surface area (Å²) in [6.07, 6.45) is -26.4. The molecule has 4 aliphatic rings. The summed E-state index contributed by atoms with van der Waals surface area (Å²) in [7, 11) is 0. The van der Waals surface area contributed by atoms with E-state index in [1.807, 2.05) is 5.32 Å². The number of likely N-dealkylation sites (tertiary alicyclic amines) is 2. The molecule has 4 heterocycles. The summed E-state index contributed by atoms with van der Waals surface area (Å²) in [6, 6.07) is -17.2. The molecule has 22 N–H and O–H groups in total. The summed E-state index contributed by atoms with van der Waals surface area (Å²) in [5.74, 6) is -13.1. The van der Waals surface area contributed by atoms with Crippen molar-refractivity contribution in [2.24, 2.45) is 11.7 Å². The van der Waals surface area contributed by atoms with Crippen LogP contribution in [-0.2, 0) is 71.7 Å². The fraction of sp³-hybridized carbons (Fsp3) is 0.800. The van der Waals surface area contributed by atoms with Gasteiger partial charge in [-0.2, -0.15) is 0 Å². The molecular formula is C55H93N11O27. The molecule has 0 aliphatic carbocycles. The predicted octanol–water partition coefficient (Wildman–Crippen LogP) is -11.9. The average Bonchev–Trinajstić information content (AvgIpc) is 1.07. The van der Waals surface area contributed by atoms with Crippen molar-refractivity contribution in [2.45, 2.75) is 240 Å². The van der Waals surface area contributed by atoms with Crippen molar-refractivity contribution in [3.05, 3.63) is 0 Å². The van der Waals surface area contributed by atoms with Gasteiger partial charge in [0.05, 0.1) is 49.8 Å². The van der Waals surface area contributed by atoms with Gasteiger partial charge in [-0.25, -0.2) is 0 Å². The van der Waals surface area contributed by atoms with E-state index in [0.29, 0.717) is 0 Å². The number of carbonyl (C=O) groups is 11. The second kappa shape index (κ2) is 35.3. The van der Waals surface area contributed by atoms with Crippen molar-refractivity contribution >= 4 is 65.0 Å². The number of hydrogen-bond donors (Lipinski definition) is 21. The Hall–Kier alpha value is -6.47. The fourth-order valence-corrected chi connectivity index (χ4v) is 10.8. The minimum absolute atomic E-state index is 0.0342. The highest BCUT2D eigenvalue weighted by molar-refractivity contribution is 5.99. The summed E-state index contributed by atoms with van der Waals surface area (Å²) >= 11 is 0. The van der Waals surface area contributed by atoms with Gasteiger partial charge in [-0.1, -0.05) is 13.8 Å². The van der Waals surface area contributed by atoms with E-state index >= 15 is 0 Å². The number of carboxylic acids is 1. The third kappa shape index (κ3) is 20.5. The number of aliphatic hydroxyl groups excluding tert-OH is 11. The third-order valence-corrected chi connectivity index (χ3v) is 16.1. The molecule has 0 aromatic heterocycles. The smallest absolute Gasteiger partial charge is 0.322 e. The van der Waals surface area contributed by atoms with Gasteiger partial charge in [0.15, 0.2) is 12.6 Å². The van der Waals surface area contributed by atoms with E-state index in [1.165, 1.54) is 13.8 Å². The Labute approximate surface area is 533 Å². The molecule has 0 aromatic carbocycles. The minimum Gasteiger partial charge on any atom is -0.480 e. The lowest BCUT2D eigenvalue weighted by Crippen LogP contribution is -2.69. The molecule has 4 rings (SSSR count). The number of nitrogens with zero attached hydrogens (tertiary/aromatic N) is 2. The SMILES string of the molecule is CC(=O)N[C@H]1[C@@H](O[C@H](C)[C@H](NC(=O)[C@@H](NC(=O)[C@@H](N)[C@@H](C)O)[C@@H](C)O)C(=O)N[C@H](C(=O)N[C@H](C(=O)N2CCC[C@H]2C(=O)N[C@H](C(=O)N2CCC[C@H]2C(=O)N[C@H](C(=O)NCC(=O)O)[C@@H](C)O)[C@@H](C)O)[C@@H](C)O)C(C)C)O[C@H](CO)[C@H](O)[C@@H]1O[C@@H]1O[C@H](CO)[C@H](O)[C@H](O)[C@H]1O. The molecule has 0 unspecified atom stereocenters. The maximum atomic E-state index is 14.8. The van der Waals surface area contributed by atoms with E-state index in [1.54, 1.807) is 0 Å². The van der Waals surface area contributed by atoms with Gasteiger partial charge in [0, 0.05) is 20.0 Å². The standard InChI is InChI=1S/C55H93N11O27/c1-19(2)33(49(85)63-37(24(7)73)53(89)66-15-11-13-28(66)46(82)62-36(23(6)72)52(88)65-14-10-12-27(65)45(81)60-34(21(4)70)48(84)57-16-31(75)76)59-51(87)38(64-50(86)35(22(5)71)61-47(83)32(56)20(3)69)25(8)90-54-39(58-26(9)74)44(41(78)30(18-68)91-54)93-55-43(80)42(79)40(77)29(17-67)92-55/h19-25,27-30,32-44,54-55,67-73,77-80H,10-18,56H2,1-9H3,(H,57,84)(H,58,74)(H,59,87)(H,60,81)(H,61,83)(H,62,82)(H,63,85)(H,64,86)(H,75,76)/t20-,21-,22-,23-,24-,25-,27+,28+,29-,30-,32+,33+,34+,35+,36+,37+,38+,39-,40+,41+,42+,43-,44-,54+,55+/m1/s1. The zero-order valence-corrected chi connectivity index (χ0v) is 52.8. The van der Waals surface area contributed by atoms with Crippen molar-refractivity contribution in [2.75, 3.05) is 32.8 Å². The molecule has 4 saturated heterocycles. The monoisotopic (exact) mass is 1340 g/mol. The molecule has 4 aliphatic heterocycles. The summed E-state index contributed by atoms with van der Waals surface area (Å²) < 4.78 is 23.4. The first-order chi connectivity index (χ1) is 43.4. The van der Waals surface area contributed by atoms with Gasteiger partial charge in [-0.05, 0) is 73.1 Å². The molecular weight excluding hydrogens is 1250 g/mol. The van der Waals surface area contributed by atoms with Gasteiger partial charge in [0.1, 0.15) is 110 Å². The van der Waals surface area contributed by atoms with Crippen LogP contribution >= 0.6 is 0 Å². The fourth-order valence-electron chi connectivity index (χ4n) is 10.8. The largest absolute Gasteiger partial charge is 0.480 e. The number of carboxylic acid groups (broad SMARTS) is 1. The van der Waals surface area contributed by atoms with Gasteiger partial charge in [0.2, 0.25) is 59.1 Å². The summed E-state index contributed by atoms with van der Waals surface area (Å²) in [5, 5.41) is 144. The molecule has 25 atom stereocenters. The number of amides is 10. The molecule has 10 amide bonds. The maximum Gasteiger partial charge on any atom is 0.322 e. The molecule has 93 heavy (non-hydrogen) atoms. The average molecular weight is 1340 g/mol. The number of aliphatic carboxylic acids is 1. The Balaban J connectivity index is 1.64. The van der Waals surface area contributed by atoms with Crippen molar-refractivity contribution < 1.29 is 133 Å². The van der Waals surface area contributed by atoms with Crippen LogP contribution in [0.3, 0.4) is 0 Å². The van der Waals surface area contributed by atoms with Crippen molar-refractivity contribution in [3.63, 3.8) is 0 Å². The number of aliphatic hydroxyl groups is 11. The number of hydrogen-bond acceptors (Lipinski definition) is 27. The Morgan fingerprint density at radius 1 is 0.527 bits per heavy atom. The van der Waals surface area contributed by atoms with Crippen LogP contribution in [0.5, 0.6) is 0 Å². The molecule has 4 fully saturated rings. The highest BCUT2D eigenvalue weighted by atomic mass is 16.7. The lowest BCUT2D eigenvalue weighted by molar-refractivity contribution is -0.347. The number of carbonyl (C=O) groups excluding carboxylic acids is 10. The van der Waals surface area contributed by atoms with Gasteiger partial charge in [-0.15, -0.1) is 0 Å². The van der Waals surface area contributed by atoms with E-state index < -0.39 is 243 Å².